The van der Waals surface area contributed by atoms with Crippen LogP contribution in [0.1, 0.15) is 17.2 Å². The summed E-state index contributed by atoms with van der Waals surface area (Å²) in [7, 11) is 1.61. The molecule has 0 N–H and O–H groups in total. The topological polar surface area (TPSA) is 35.5 Å². The fraction of sp³-hybridized carbons (Fsp3) is 0.118. The van der Waals surface area contributed by atoms with Gasteiger partial charge in [-0.15, -0.1) is 0 Å². The van der Waals surface area contributed by atoms with Crippen LogP contribution in [0.4, 0.5) is 0 Å². The average Bonchev–Trinajstić information content (AvgIpc) is 2.53. The maximum atomic E-state index is 11.3. The first-order valence-corrected chi connectivity index (χ1v) is 6.38. The van der Waals surface area contributed by atoms with Crippen LogP contribution in [0, 0.1) is 0 Å². The highest BCUT2D eigenvalue weighted by molar-refractivity contribution is 5.86. The fourth-order valence-electron chi connectivity index (χ4n) is 2.31. The average molecular weight is 266 g/mol. The number of carbonyl (C=O) groups excluding carboxylic acids is 1. The van der Waals surface area contributed by atoms with Crippen molar-refractivity contribution in [2.24, 2.45) is 0 Å². The summed E-state index contributed by atoms with van der Waals surface area (Å²) in [5.74, 6) is 1.50. The summed E-state index contributed by atoms with van der Waals surface area (Å²) in [6.45, 7) is 0. The first-order valence-electron chi connectivity index (χ1n) is 6.38. The van der Waals surface area contributed by atoms with Crippen molar-refractivity contribution in [1.82, 2.24) is 0 Å². The lowest BCUT2D eigenvalue weighted by atomic mass is 9.97. The van der Waals surface area contributed by atoms with Crippen molar-refractivity contribution in [1.29, 1.82) is 0 Å². The molecule has 0 amide bonds. The Bertz CT molecular complexity index is 659. The van der Waals surface area contributed by atoms with Crippen molar-refractivity contribution in [2.75, 3.05) is 7.11 Å². The monoisotopic (exact) mass is 266 g/mol. The van der Waals surface area contributed by atoms with Gasteiger partial charge < -0.3 is 9.47 Å². The molecule has 1 aliphatic rings. The minimum atomic E-state index is -0.352. The number of rotatable bonds is 3. The Morgan fingerprint density at radius 3 is 2.65 bits per heavy atom. The molecule has 2 aromatic carbocycles. The molecule has 0 unspecified atom stereocenters. The predicted molar refractivity (Wildman–Crippen MR) is 76.8 cm³/mol. The Kier molecular flexibility index (Phi) is 3.25. The molecular formula is C17H14O3. The third-order valence-corrected chi connectivity index (χ3v) is 3.33. The lowest BCUT2D eigenvalue weighted by Gasteiger charge is -2.25. The zero-order valence-corrected chi connectivity index (χ0v) is 11.1. The first kappa shape index (κ1) is 12.5. The normalized spacial score (nSPS) is 16.6. The highest BCUT2D eigenvalue weighted by Gasteiger charge is 2.24. The Hall–Kier alpha value is -2.55. The van der Waals surface area contributed by atoms with Crippen LogP contribution in [0.2, 0.25) is 0 Å². The van der Waals surface area contributed by atoms with Crippen molar-refractivity contribution in [2.45, 2.75) is 6.10 Å². The summed E-state index contributed by atoms with van der Waals surface area (Å²) in [5, 5.41) is 0. The van der Waals surface area contributed by atoms with Gasteiger partial charge >= 0.3 is 0 Å². The van der Waals surface area contributed by atoms with Crippen molar-refractivity contribution in [3.8, 4) is 11.5 Å². The molecule has 3 heteroatoms. The van der Waals surface area contributed by atoms with Gasteiger partial charge in [0.15, 0.2) is 6.10 Å². The molecule has 1 aliphatic heterocycles. The lowest BCUT2D eigenvalue weighted by Crippen LogP contribution is -2.15. The number of carbonyl (C=O) groups is 1. The second kappa shape index (κ2) is 5.21. The van der Waals surface area contributed by atoms with Gasteiger partial charge in [0.2, 0.25) is 0 Å². The summed E-state index contributed by atoms with van der Waals surface area (Å²) in [5.41, 5.74) is 2.43. The van der Waals surface area contributed by atoms with Gasteiger partial charge in [0.25, 0.3) is 0 Å². The zero-order valence-electron chi connectivity index (χ0n) is 11.1. The van der Waals surface area contributed by atoms with Crippen LogP contribution in [-0.2, 0) is 4.79 Å². The van der Waals surface area contributed by atoms with Crippen LogP contribution in [0.15, 0.2) is 54.1 Å². The minimum absolute atomic E-state index is 0.352. The molecule has 0 saturated carbocycles. The number of aldehydes is 1. The van der Waals surface area contributed by atoms with Crippen LogP contribution < -0.4 is 9.47 Å². The number of benzene rings is 2. The molecule has 3 rings (SSSR count). The van der Waals surface area contributed by atoms with Crippen molar-refractivity contribution in [3.05, 3.63) is 65.2 Å². The quantitative estimate of drug-likeness (QED) is 0.799. The van der Waals surface area contributed by atoms with Gasteiger partial charge in [0.1, 0.15) is 17.8 Å². The molecule has 0 saturated heterocycles. The van der Waals surface area contributed by atoms with Crippen LogP contribution >= 0.6 is 0 Å². The van der Waals surface area contributed by atoms with E-state index in [2.05, 4.69) is 0 Å². The van der Waals surface area contributed by atoms with E-state index in [1.165, 1.54) is 0 Å². The molecule has 100 valence electrons. The maximum Gasteiger partial charge on any atom is 0.152 e. The molecule has 0 radical (unpaired) electrons. The fourth-order valence-corrected chi connectivity index (χ4v) is 2.31. The predicted octanol–water partition coefficient (Wildman–Crippen LogP) is 3.41. The van der Waals surface area contributed by atoms with Crippen molar-refractivity contribution < 1.29 is 14.3 Å². The number of ether oxygens (including phenoxy) is 2. The van der Waals surface area contributed by atoms with E-state index in [0.29, 0.717) is 5.57 Å². The van der Waals surface area contributed by atoms with Crippen molar-refractivity contribution in [3.63, 3.8) is 0 Å². The summed E-state index contributed by atoms with van der Waals surface area (Å²) in [6, 6.07) is 15.3. The first-order chi connectivity index (χ1) is 9.81. The van der Waals surface area contributed by atoms with Crippen LogP contribution in [0.3, 0.4) is 0 Å². The molecule has 0 aromatic heterocycles. The van der Waals surface area contributed by atoms with E-state index in [1.54, 1.807) is 7.11 Å². The van der Waals surface area contributed by atoms with Crippen molar-refractivity contribution >= 4 is 12.4 Å². The second-order valence-corrected chi connectivity index (χ2v) is 4.57. The molecule has 1 atom stereocenters. The molecular weight excluding hydrogens is 252 g/mol. The van der Waals surface area contributed by atoms with Gasteiger partial charge in [-0.1, -0.05) is 30.3 Å². The van der Waals surface area contributed by atoms with Crippen LogP contribution in [0.5, 0.6) is 11.5 Å². The molecule has 1 heterocycles. The van der Waals surface area contributed by atoms with E-state index in [9.17, 15) is 4.79 Å². The van der Waals surface area contributed by atoms with Crippen LogP contribution in [0.25, 0.3) is 6.08 Å². The number of hydrogen-bond acceptors (Lipinski definition) is 3. The van der Waals surface area contributed by atoms with E-state index in [1.807, 2.05) is 54.6 Å². The number of methoxy groups -OCH3 is 1. The lowest BCUT2D eigenvalue weighted by molar-refractivity contribution is -0.105. The highest BCUT2D eigenvalue weighted by atomic mass is 16.5. The van der Waals surface area contributed by atoms with Gasteiger partial charge in [0.05, 0.1) is 7.11 Å². The smallest absolute Gasteiger partial charge is 0.152 e. The van der Waals surface area contributed by atoms with Gasteiger partial charge in [-0.05, 0) is 29.8 Å². The summed E-state index contributed by atoms with van der Waals surface area (Å²) < 4.78 is 11.2. The molecule has 0 fully saturated rings. The van der Waals surface area contributed by atoms with Gasteiger partial charge in [0, 0.05) is 11.1 Å². The summed E-state index contributed by atoms with van der Waals surface area (Å²) >= 11 is 0. The second-order valence-electron chi connectivity index (χ2n) is 4.57. The molecule has 2 aromatic rings. The summed E-state index contributed by atoms with van der Waals surface area (Å²) in [6.07, 6.45) is 2.35. The Labute approximate surface area is 117 Å². The van der Waals surface area contributed by atoms with Crippen LogP contribution in [-0.4, -0.2) is 13.4 Å². The van der Waals surface area contributed by atoms with E-state index in [-0.39, 0.29) is 6.10 Å². The van der Waals surface area contributed by atoms with E-state index >= 15 is 0 Å². The van der Waals surface area contributed by atoms with Gasteiger partial charge in [-0.3, -0.25) is 4.79 Å². The SMILES string of the molecule is COc1ccc2c(c1)C=C(C=O)[C@@H](c1ccccc1)O2. The molecule has 3 nitrogen and oxygen atoms in total. The van der Waals surface area contributed by atoms with Gasteiger partial charge in [-0.2, -0.15) is 0 Å². The standard InChI is InChI=1S/C17H14O3/c1-19-15-7-8-16-13(10-15)9-14(11-18)17(20-16)12-5-3-2-4-6-12/h2-11,17H,1H3/t17-/m1/s1. The number of hydrogen-bond donors (Lipinski definition) is 0. The summed E-state index contributed by atoms with van der Waals surface area (Å²) in [4.78, 5) is 11.3. The molecule has 0 bridgehead atoms. The highest BCUT2D eigenvalue weighted by Crippen LogP contribution is 2.37. The Morgan fingerprint density at radius 1 is 1.15 bits per heavy atom. The molecule has 0 spiro atoms. The maximum absolute atomic E-state index is 11.3. The third kappa shape index (κ3) is 2.18. The molecule has 0 aliphatic carbocycles. The Balaban J connectivity index is 2.04. The van der Waals surface area contributed by atoms with E-state index in [4.69, 9.17) is 9.47 Å². The Morgan fingerprint density at radius 2 is 1.95 bits per heavy atom. The minimum Gasteiger partial charge on any atom is -0.497 e. The number of fused-ring (bicyclic) bond motifs is 1. The van der Waals surface area contributed by atoms with E-state index < -0.39 is 0 Å². The molecule has 20 heavy (non-hydrogen) atoms. The zero-order chi connectivity index (χ0) is 13.9. The third-order valence-electron chi connectivity index (χ3n) is 3.33. The van der Waals surface area contributed by atoms with Gasteiger partial charge in [-0.25, -0.2) is 0 Å². The largest absolute Gasteiger partial charge is 0.497 e. The van der Waals surface area contributed by atoms with E-state index in [0.717, 1.165) is 28.9 Å².